The summed E-state index contributed by atoms with van der Waals surface area (Å²) in [6.07, 6.45) is 47.2. The molecule has 0 aromatic heterocycles. The lowest BCUT2D eigenvalue weighted by Gasteiger charge is -2.18. The van der Waals surface area contributed by atoms with E-state index in [0.29, 0.717) is 12.8 Å². The van der Waals surface area contributed by atoms with Gasteiger partial charge in [0.1, 0.15) is 6.10 Å². The fourth-order valence-corrected chi connectivity index (χ4v) is 6.40. The Morgan fingerprint density at radius 1 is 0.457 bits per heavy atom. The first-order chi connectivity index (χ1) is 22.6. The first kappa shape index (κ1) is 44.7. The van der Waals surface area contributed by atoms with Crippen LogP contribution in [0.2, 0.25) is 0 Å². The van der Waals surface area contributed by atoms with Crippen LogP contribution < -0.4 is 0 Å². The van der Waals surface area contributed by atoms with E-state index < -0.39 is 5.97 Å². The van der Waals surface area contributed by atoms with Crippen LogP contribution in [0.25, 0.3) is 0 Å². The minimum absolute atomic E-state index is 0.0340. The van der Waals surface area contributed by atoms with E-state index in [1.807, 2.05) is 0 Å². The quantitative estimate of drug-likeness (QED) is 0.0411. The van der Waals surface area contributed by atoms with Gasteiger partial charge in [0, 0.05) is 12.8 Å². The van der Waals surface area contributed by atoms with Gasteiger partial charge in [0.25, 0.3) is 0 Å². The van der Waals surface area contributed by atoms with E-state index in [1.165, 1.54) is 167 Å². The molecule has 0 rings (SSSR count). The highest BCUT2D eigenvalue weighted by Gasteiger charge is 2.14. The average molecular weight is 649 g/mol. The van der Waals surface area contributed by atoms with Crippen LogP contribution in [-0.4, -0.2) is 23.1 Å². The maximum atomic E-state index is 12.5. The van der Waals surface area contributed by atoms with Crippen LogP contribution in [0.1, 0.15) is 239 Å². The third-order valence-electron chi connectivity index (χ3n) is 9.49. The summed E-state index contributed by atoms with van der Waals surface area (Å²) in [6, 6.07) is 0. The average Bonchev–Trinajstić information content (AvgIpc) is 3.04. The number of esters is 1. The van der Waals surface area contributed by atoms with Gasteiger partial charge in [-0.2, -0.15) is 0 Å². The normalized spacial score (nSPS) is 12.2. The van der Waals surface area contributed by atoms with E-state index in [9.17, 15) is 9.59 Å². The first-order valence-electron chi connectivity index (χ1n) is 20.7. The first-order valence-corrected chi connectivity index (χ1v) is 20.7. The molecule has 0 radical (unpaired) electrons. The van der Waals surface area contributed by atoms with Crippen LogP contribution in [0.4, 0.5) is 0 Å². The van der Waals surface area contributed by atoms with Crippen LogP contribution in [0.15, 0.2) is 12.2 Å². The molecule has 0 amide bonds. The Balaban J connectivity index is 3.60. The molecule has 1 atom stereocenters. The molecule has 0 spiro atoms. The van der Waals surface area contributed by atoms with Gasteiger partial charge in [0.05, 0.1) is 0 Å². The Labute approximate surface area is 287 Å². The van der Waals surface area contributed by atoms with Crippen molar-refractivity contribution in [2.24, 2.45) is 0 Å². The van der Waals surface area contributed by atoms with Crippen molar-refractivity contribution < 1.29 is 19.4 Å². The predicted molar refractivity (Wildman–Crippen MR) is 200 cm³/mol. The highest BCUT2D eigenvalue weighted by molar-refractivity contribution is 5.69. The van der Waals surface area contributed by atoms with E-state index in [2.05, 4.69) is 26.0 Å². The van der Waals surface area contributed by atoms with Crippen LogP contribution in [0, 0.1) is 0 Å². The van der Waals surface area contributed by atoms with Crippen molar-refractivity contribution in [1.82, 2.24) is 0 Å². The Morgan fingerprint density at radius 3 is 1.24 bits per heavy atom. The summed E-state index contributed by atoms with van der Waals surface area (Å²) in [4.78, 5) is 23.0. The number of carbonyl (C=O) groups excluding carboxylic acids is 1. The lowest BCUT2D eigenvalue weighted by atomic mass is 10.0. The summed E-state index contributed by atoms with van der Waals surface area (Å²) in [7, 11) is 0. The van der Waals surface area contributed by atoms with Gasteiger partial charge in [-0.05, 0) is 57.8 Å². The zero-order valence-corrected chi connectivity index (χ0v) is 31.2. The Kier molecular flexibility index (Phi) is 37.0. The molecule has 0 fully saturated rings. The number of allylic oxidation sites excluding steroid dienone is 2. The second-order valence-corrected chi connectivity index (χ2v) is 14.2. The fourth-order valence-electron chi connectivity index (χ4n) is 6.40. The van der Waals surface area contributed by atoms with Crippen molar-refractivity contribution >= 4 is 11.9 Å². The third-order valence-corrected chi connectivity index (χ3v) is 9.49. The number of rotatable bonds is 38. The molecule has 0 aliphatic rings. The second-order valence-electron chi connectivity index (χ2n) is 14.2. The third kappa shape index (κ3) is 37.1. The van der Waals surface area contributed by atoms with E-state index >= 15 is 0 Å². The number of ether oxygens (including phenoxy) is 1. The Bertz CT molecular complexity index is 658. The molecule has 0 heterocycles. The monoisotopic (exact) mass is 649 g/mol. The molecule has 0 bridgehead atoms. The maximum Gasteiger partial charge on any atom is 0.306 e. The lowest BCUT2D eigenvalue weighted by molar-refractivity contribution is -0.150. The number of hydrogen-bond donors (Lipinski definition) is 1. The van der Waals surface area contributed by atoms with Crippen molar-refractivity contribution in [2.75, 3.05) is 0 Å². The highest BCUT2D eigenvalue weighted by atomic mass is 16.5. The zero-order valence-electron chi connectivity index (χ0n) is 31.2. The van der Waals surface area contributed by atoms with Gasteiger partial charge in [-0.15, -0.1) is 0 Å². The van der Waals surface area contributed by atoms with Gasteiger partial charge in [-0.1, -0.05) is 180 Å². The second kappa shape index (κ2) is 38.1. The summed E-state index contributed by atoms with van der Waals surface area (Å²) >= 11 is 0. The van der Waals surface area contributed by atoms with Gasteiger partial charge in [0.2, 0.25) is 0 Å². The molecular weight excluding hydrogens is 568 g/mol. The van der Waals surface area contributed by atoms with E-state index in [4.69, 9.17) is 9.84 Å². The highest BCUT2D eigenvalue weighted by Crippen LogP contribution is 2.18. The molecule has 272 valence electrons. The lowest BCUT2D eigenvalue weighted by Crippen LogP contribution is -2.18. The predicted octanol–water partition coefficient (Wildman–Crippen LogP) is 14.2. The van der Waals surface area contributed by atoms with Crippen molar-refractivity contribution in [3.63, 3.8) is 0 Å². The summed E-state index contributed by atoms with van der Waals surface area (Å²) < 4.78 is 5.94. The number of aliphatic carboxylic acids is 1. The van der Waals surface area contributed by atoms with Gasteiger partial charge in [0.15, 0.2) is 0 Å². The SMILES string of the molecule is CCCCCCCC/C=C\CCCCCCCC(=O)OC(CCCC)CCCCCCCCCCCCCCCCCCC(=O)O. The van der Waals surface area contributed by atoms with E-state index in [1.54, 1.807) is 0 Å². The molecule has 0 saturated heterocycles. The molecular formula is C42H80O4. The standard InChI is InChI=1S/C42H80O4/c1-3-5-7-8-9-10-11-12-15-20-23-26-29-32-35-39-42(45)46-40(36-6-4-2)37-33-30-27-24-21-18-16-13-14-17-19-22-25-28-31-34-38-41(43)44/h12,15,40H,3-11,13-14,16-39H2,1-2H3,(H,43,44)/b15-12-. The van der Waals surface area contributed by atoms with Gasteiger partial charge in [-0.3, -0.25) is 9.59 Å². The van der Waals surface area contributed by atoms with Crippen LogP contribution >= 0.6 is 0 Å². The molecule has 46 heavy (non-hydrogen) atoms. The van der Waals surface area contributed by atoms with Gasteiger partial charge < -0.3 is 9.84 Å². The summed E-state index contributed by atoms with van der Waals surface area (Å²) in [5.41, 5.74) is 0. The van der Waals surface area contributed by atoms with E-state index in [-0.39, 0.29) is 12.1 Å². The molecule has 1 N–H and O–H groups in total. The maximum absolute atomic E-state index is 12.5. The number of hydrogen-bond acceptors (Lipinski definition) is 3. The minimum Gasteiger partial charge on any atom is -0.481 e. The van der Waals surface area contributed by atoms with Crippen molar-refractivity contribution in [2.45, 2.75) is 245 Å². The Morgan fingerprint density at radius 2 is 0.804 bits per heavy atom. The van der Waals surface area contributed by atoms with E-state index in [0.717, 1.165) is 44.9 Å². The van der Waals surface area contributed by atoms with Gasteiger partial charge in [-0.25, -0.2) is 0 Å². The number of carbonyl (C=O) groups is 2. The largest absolute Gasteiger partial charge is 0.481 e. The molecule has 1 unspecified atom stereocenters. The smallest absolute Gasteiger partial charge is 0.306 e. The van der Waals surface area contributed by atoms with Crippen LogP contribution in [0.5, 0.6) is 0 Å². The number of unbranched alkanes of at least 4 members (excludes halogenated alkanes) is 27. The Hall–Kier alpha value is -1.32. The zero-order chi connectivity index (χ0) is 33.6. The minimum atomic E-state index is -0.662. The molecule has 0 saturated carbocycles. The van der Waals surface area contributed by atoms with Crippen molar-refractivity contribution in [1.29, 1.82) is 0 Å². The van der Waals surface area contributed by atoms with Crippen LogP contribution in [0.3, 0.4) is 0 Å². The number of carboxylic acid groups (broad SMARTS) is 1. The molecule has 0 aliphatic heterocycles. The number of carboxylic acids is 1. The summed E-state index contributed by atoms with van der Waals surface area (Å²) in [5, 5.41) is 8.66. The van der Waals surface area contributed by atoms with Crippen molar-refractivity contribution in [3.8, 4) is 0 Å². The molecule has 0 aliphatic carbocycles. The molecule has 4 nitrogen and oxygen atoms in total. The van der Waals surface area contributed by atoms with Crippen LogP contribution in [-0.2, 0) is 14.3 Å². The fraction of sp³-hybridized carbons (Fsp3) is 0.905. The molecule has 0 aromatic carbocycles. The topological polar surface area (TPSA) is 63.6 Å². The summed E-state index contributed by atoms with van der Waals surface area (Å²) in [6.45, 7) is 4.50. The molecule has 0 aromatic rings. The molecule has 4 heteroatoms. The summed E-state index contributed by atoms with van der Waals surface area (Å²) in [5.74, 6) is -0.628. The van der Waals surface area contributed by atoms with Gasteiger partial charge >= 0.3 is 11.9 Å². The van der Waals surface area contributed by atoms with Crippen molar-refractivity contribution in [3.05, 3.63) is 12.2 Å².